The molecule has 3 nitrogen and oxygen atoms in total. The van der Waals surface area contributed by atoms with Gasteiger partial charge < -0.3 is 9.47 Å². The summed E-state index contributed by atoms with van der Waals surface area (Å²) >= 11 is 0. The molecule has 0 aromatic rings. The number of hydrogen-bond donors (Lipinski definition) is 0. The Morgan fingerprint density at radius 1 is 1.47 bits per heavy atom. The maximum Gasteiger partial charge on any atom is 0.508 e. The van der Waals surface area contributed by atoms with Crippen LogP contribution in [0.15, 0.2) is 11.6 Å². The lowest BCUT2D eigenvalue weighted by atomic mass is 9.98. The highest BCUT2D eigenvalue weighted by molar-refractivity contribution is 5.60. The molecule has 2 fully saturated rings. The van der Waals surface area contributed by atoms with Crippen molar-refractivity contribution >= 4 is 6.16 Å². The number of allylic oxidation sites excluding steroid dienone is 1. The first-order valence-corrected chi connectivity index (χ1v) is 6.56. The number of carbonyl (C=O) groups is 1. The molecule has 0 N–H and O–H groups in total. The van der Waals surface area contributed by atoms with E-state index >= 15 is 0 Å². The quantitative estimate of drug-likeness (QED) is 0.557. The molecule has 96 valence electrons. The van der Waals surface area contributed by atoms with E-state index in [-0.39, 0.29) is 6.10 Å². The molecule has 2 aliphatic rings. The summed E-state index contributed by atoms with van der Waals surface area (Å²) in [5.41, 5.74) is 1.53. The van der Waals surface area contributed by atoms with Crippen LogP contribution in [0.25, 0.3) is 0 Å². The highest BCUT2D eigenvalue weighted by Crippen LogP contribution is 2.50. The van der Waals surface area contributed by atoms with E-state index in [1.54, 1.807) is 0 Å². The molecule has 0 amide bonds. The lowest BCUT2D eigenvalue weighted by Gasteiger charge is -2.20. The number of carbonyl (C=O) groups excluding carboxylic acids is 1. The second-order valence-electron chi connectivity index (χ2n) is 5.56. The molecule has 2 aliphatic carbocycles. The zero-order valence-electron chi connectivity index (χ0n) is 10.9. The third-order valence-corrected chi connectivity index (χ3v) is 3.93. The van der Waals surface area contributed by atoms with E-state index in [1.165, 1.54) is 19.1 Å². The Balaban J connectivity index is 1.99. The fraction of sp³-hybridized carbons (Fsp3) is 0.786. The largest absolute Gasteiger partial charge is 0.508 e. The normalized spacial score (nSPS) is 33.4. The minimum Gasteiger partial charge on any atom is -0.438 e. The predicted molar refractivity (Wildman–Crippen MR) is 65.6 cm³/mol. The summed E-state index contributed by atoms with van der Waals surface area (Å²) in [5.74, 6) is 1.80. The Morgan fingerprint density at radius 2 is 2.24 bits per heavy atom. The highest BCUT2D eigenvalue weighted by Gasteiger charge is 2.45. The molecule has 0 aromatic carbocycles. The Bertz CT molecular complexity index is 319. The minimum atomic E-state index is -0.536. The molecule has 17 heavy (non-hydrogen) atoms. The molecular weight excluding hydrogens is 216 g/mol. The number of methoxy groups -OCH3 is 1. The van der Waals surface area contributed by atoms with Crippen LogP contribution in [0.1, 0.15) is 39.5 Å². The Morgan fingerprint density at radius 3 is 2.88 bits per heavy atom. The number of fused-ring (bicyclic) bond motifs is 2. The first kappa shape index (κ1) is 12.5. The monoisotopic (exact) mass is 238 g/mol. The second kappa shape index (κ2) is 5.11. The van der Waals surface area contributed by atoms with Crippen LogP contribution in [0.5, 0.6) is 0 Å². The summed E-state index contributed by atoms with van der Waals surface area (Å²) in [6.45, 7) is 4.46. The van der Waals surface area contributed by atoms with E-state index in [9.17, 15) is 4.79 Å². The van der Waals surface area contributed by atoms with Gasteiger partial charge in [-0.1, -0.05) is 25.5 Å². The van der Waals surface area contributed by atoms with E-state index in [2.05, 4.69) is 24.7 Å². The molecule has 2 bridgehead atoms. The Hall–Kier alpha value is -0.990. The SMILES string of the molecule is COC(=O)OC1CC2CCC1C2=CCC(C)C. The molecule has 0 radical (unpaired) electrons. The van der Waals surface area contributed by atoms with Crippen molar-refractivity contribution in [1.29, 1.82) is 0 Å². The van der Waals surface area contributed by atoms with Crippen LogP contribution < -0.4 is 0 Å². The van der Waals surface area contributed by atoms with Gasteiger partial charge in [-0.25, -0.2) is 4.79 Å². The highest BCUT2D eigenvalue weighted by atomic mass is 16.7. The third kappa shape index (κ3) is 2.64. The van der Waals surface area contributed by atoms with Crippen LogP contribution in [0.2, 0.25) is 0 Å². The molecule has 3 atom stereocenters. The summed E-state index contributed by atoms with van der Waals surface area (Å²) in [6.07, 6.45) is 6.45. The van der Waals surface area contributed by atoms with Crippen molar-refractivity contribution in [3.05, 3.63) is 11.6 Å². The van der Waals surface area contributed by atoms with Crippen molar-refractivity contribution in [2.24, 2.45) is 17.8 Å². The predicted octanol–water partition coefficient (Wildman–Crippen LogP) is 3.54. The summed E-state index contributed by atoms with van der Waals surface area (Å²) in [7, 11) is 1.37. The molecule has 0 aliphatic heterocycles. The fourth-order valence-corrected chi connectivity index (χ4v) is 3.11. The number of rotatable bonds is 3. The van der Waals surface area contributed by atoms with Gasteiger partial charge in [0.05, 0.1) is 7.11 Å². The standard InChI is InChI=1S/C14H22O3/c1-9(2)4-6-11-10-5-7-12(11)13(8-10)17-14(15)16-3/h6,9-10,12-13H,4-5,7-8H2,1-3H3. The Kier molecular flexibility index (Phi) is 3.75. The average Bonchev–Trinajstić information content (AvgIpc) is 2.82. The van der Waals surface area contributed by atoms with Gasteiger partial charge in [0.1, 0.15) is 6.10 Å². The topological polar surface area (TPSA) is 35.5 Å². The van der Waals surface area contributed by atoms with E-state index in [4.69, 9.17) is 4.74 Å². The molecule has 0 saturated heterocycles. The first-order valence-electron chi connectivity index (χ1n) is 6.56. The lowest BCUT2D eigenvalue weighted by Crippen LogP contribution is -2.24. The summed E-state index contributed by atoms with van der Waals surface area (Å²) < 4.78 is 9.90. The maximum atomic E-state index is 11.2. The lowest BCUT2D eigenvalue weighted by molar-refractivity contribution is 0.0172. The van der Waals surface area contributed by atoms with E-state index in [0.717, 1.165) is 19.3 Å². The number of ether oxygens (including phenoxy) is 2. The van der Waals surface area contributed by atoms with Gasteiger partial charge in [0, 0.05) is 5.92 Å². The summed E-state index contributed by atoms with van der Waals surface area (Å²) in [4.78, 5) is 11.2. The molecule has 3 unspecified atom stereocenters. The van der Waals surface area contributed by atoms with Crippen LogP contribution in [0.3, 0.4) is 0 Å². The van der Waals surface area contributed by atoms with Crippen LogP contribution >= 0.6 is 0 Å². The number of hydrogen-bond acceptors (Lipinski definition) is 3. The molecule has 2 rings (SSSR count). The van der Waals surface area contributed by atoms with Crippen molar-refractivity contribution in [2.75, 3.05) is 7.11 Å². The zero-order valence-corrected chi connectivity index (χ0v) is 10.9. The van der Waals surface area contributed by atoms with Crippen molar-refractivity contribution in [2.45, 2.75) is 45.6 Å². The second-order valence-corrected chi connectivity index (χ2v) is 5.56. The zero-order chi connectivity index (χ0) is 12.4. The smallest absolute Gasteiger partial charge is 0.438 e. The van der Waals surface area contributed by atoms with Gasteiger partial charge in [0.15, 0.2) is 0 Å². The van der Waals surface area contributed by atoms with Crippen molar-refractivity contribution in [1.82, 2.24) is 0 Å². The van der Waals surface area contributed by atoms with E-state index in [0.29, 0.717) is 17.8 Å². The van der Waals surface area contributed by atoms with Gasteiger partial charge in [-0.05, 0) is 37.5 Å². The third-order valence-electron chi connectivity index (χ3n) is 3.93. The summed E-state index contributed by atoms with van der Waals surface area (Å²) in [6, 6.07) is 0. The van der Waals surface area contributed by atoms with Crippen molar-refractivity contribution in [3.63, 3.8) is 0 Å². The molecule has 0 heterocycles. The molecule has 2 saturated carbocycles. The fourth-order valence-electron chi connectivity index (χ4n) is 3.11. The van der Waals surface area contributed by atoms with Gasteiger partial charge in [0.2, 0.25) is 0 Å². The van der Waals surface area contributed by atoms with Crippen LogP contribution in [-0.4, -0.2) is 19.4 Å². The Labute approximate surface area is 103 Å². The summed E-state index contributed by atoms with van der Waals surface area (Å²) in [5, 5.41) is 0. The van der Waals surface area contributed by atoms with Crippen LogP contribution in [0.4, 0.5) is 4.79 Å². The molecule has 0 spiro atoms. The van der Waals surface area contributed by atoms with Crippen LogP contribution in [-0.2, 0) is 9.47 Å². The van der Waals surface area contributed by atoms with Gasteiger partial charge in [-0.15, -0.1) is 0 Å². The van der Waals surface area contributed by atoms with Crippen LogP contribution in [0, 0.1) is 17.8 Å². The van der Waals surface area contributed by atoms with Crippen molar-refractivity contribution < 1.29 is 14.3 Å². The van der Waals surface area contributed by atoms with Gasteiger partial charge in [0.25, 0.3) is 0 Å². The average molecular weight is 238 g/mol. The van der Waals surface area contributed by atoms with Crippen molar-refractivity contribution in [3.8, 4) is 0 Å². The molecular formula is C14H22O3. The molecule has 0 aromatic heterocycles. The minimum absolute atomic E-state index is 0.0552. The maximum absolute atomic E-state index is 11.2. The van der Waals surface area contributed by atoms with Gasteiger partial charge in [-0.3, -0.25) is 0 Å². The van der Waals surface area contributed by atoms with Gasteiger partial charge in [-0.2, -0.15) is 0 Å². The van der Waals surface area contributed by atoms with E-state index < -0.39 is 6.16 Å². The first-order chi connectivity index (χ1) is 8.11. The molecule has 3 heteroatoms. The van der Waals surface area contributed by atoms with Gasteiger partial charge >= 0.3 is 6.16 Å². The van der Waals surface area contributed by atoms with E-state index in [1.807, 2.05) is 0 Å².